The van der Waals surface area contributed by atoms with Crippen LogP contribution in [0.3, 0.4) is 0 Å². The molecule has 0 bridgehead atoms. The van der Waals surface area contributed by atoms with Gasteiger partial charge in [0.25, 0.3) is 0 Å². The smallest absolute Gasteiger partial charge is 0.333 e. The van der Waals surface area contributed by atoms with E-state index in [0.717, 1.165) is 27.5 Å². The highest BCUT2D eigenvalue weighted by molar-refractivity contribution is 7.13. The van der Waals surface area contributed by atoms with E-state index in [-0.39, 0.29) is 0 Å². The molecule has 0 aliphatic rings. The molecule has 148 valence electrons. The van der Waals surface area contributed by atoms with Crippen LogP contribution in [0.1, 0.15) is 29.5 Å². The van der Waals surface area contributed by atoms with Crippen molar-refractivity contribution in [2.45, 2.75) is 39.9 Å². The van der Waals surface area contributed by atoms with Crippen molar-refractivity contribution < 1.29 is 23.8 Å². The van der Waals surface area contributed by atoms with Crippen molar-refractivity contribution in [1.29, 1.82) is 0 Å². The Morgan fingerprint density at radius 3 is 2.61 bits per heavy atom. The van der Waals surface area contributed by atoms with E-state index in [0.29, 0.717) is 31.3 Å². The van der Waals surface area contributed by atoms with E-state index in [1.54, 1.807) is 18.3 Å². The number of rotatable bonds is 9. The van der Waals surface area contributed by atoms with Gasteiger partial charge in [-0.3, -0.25) is 0 Å². The molecule has 3 aromatic rings. The molecular formula is C21H23NO5S. The number of benzene rings is 1. The average Bonchev–Trinajstić information content (AvgIpc) is 3.26. The third kappa shape index (κ3) is 4.79. The standard InChI is InChI=1S/C21H23NO5S/c1-4-25-18(21(23)24)11-15-5-7-16(8-6-15)26-12-17-14(3)27-20(22-17)19-13(2)9-10-28-19/h5-10,18H,4,11-12H2,1-3H3,(H,23,24)/t18-/m1/s1. The number of ether oxygens (including phenoxy) is 2. The second-order valence-electron chi connectivity index (χ2n) is 6.37. The molecule has 6 nitrogen and oxygen atoms in total. The maximum Gasteiger partial charge on any atom is 0.333 e. The van der Waals surface area contributed by atoms with Crippen LogP contribution in [0.25, 0.3) is 10.8 Å². The molecule has 0 unspecified atom stereocenters. The molecular weight excluding hydrogens is 378 g/mol. The minimum atomic E-state index is -0.958. The van der Waals surface area contributed by atoms with Crippen LogP contribution in [-0.4, -0.2) is 28.8 Å². The van der Waals surface area contributed by atoms with Crippen molar-refractivity contribution in [3.05, 3.63) is 58.3 Å². The van der Waals surface area contributed by atoms with E-state index < -0.39 is 12.1 Å². The number of carbonyl (C=O) groups is 1. The highest BCUT2D eigenvalue weighted by Crippen LogP contribution is 2.30. The summed E-state index contributed by atoms with van der Waals surface area (Å²) in [6, 6.07) is 9.37. The highest BCUT2D eigenvalue weighted by atomic mass is 32.1. The Bertz CT molecular complexity index is 929. The summed E-state index contributed by atoms with van der Waals surface area (Å²) < 4.78 is 16.9. The number of thiophene rings is 1. The lowest BCUT2D eigenvalue weighted by molar-refractivity contribution is -0.149. The monoisotopic (exact) mass is 401 g/mol. The Morgan fingerprint density at radius 1 is 1.25 bits per heavy atom. The van der Waals surface area contributed by atoms with E-state index in [1.807, 2.05) is 49.6 Å². The first-order valence-corrected chi connectivity index (χ1v) is 9.92. The van der Waals surface area contributed by atoms with Gasteiger partial charge in [-0.25, -0.2) is 9.78 Å². The van der Waals surface area contributed by atoms with Crippen LogP contribution < -0.4 is 4.74 Å². The average molecular weight is 401 g/mol. The van der Waals surface area contributed by atoms with Crippen LogP contribution in [0.2, 0.25) is 0 Å². The molecule has 0 saturated heterocycles. The summed E-state index contributed by atoms with van der Waals surface area (Å²) in [5.74, 6) is 1.08. The molecule has 0 fully saturated rings. The van der Waals surface area contributed by atoms with Gasteiger partial charge in [0, 0.05) is 13.0 Å². The molecule has 0 saturated carbocycles. The van der Waals surface area contributed by atoms with Gasteiger partial charge in [-0.2, -0.15) is 0 Å². The molecule has 28 heavy (non-hydrogen) atoms. The Morgan fingerprint density at radius 2 is 2.00 bits per heavy atom. The SMILES string of the molecule is CCO[C@H](Cc1ccc(OCc2nc(-c3sccc3C)oc2C)cc1)C(=O)O. The quantitative estimate of drug-likeness (QED) is 0.563. The molecule has 1 N–H and O–H groups in total. The maximum absolute atomic E-state index is 11.2. The summed E-state index contributed by atoms with van der Waals surface area (Å²) in [6.45, 7) is 6.35. The Hall–Kier alpha value is -2.64. The minimum absolute atomic E-state index is 0.301. The number of aromatic nitrogens is 1. The van der Waals surface area contributed by atoms with Crippen LogP contribution in [0.4, 0.5) is 0 Å². The summed E-state index contributed by atoms with van der Waals surface area (Å²) in [7, 11) is 0. The number of aryl methyl sites for hydroxylation is 2. The normalized spacial score (nSPS) is 12.1. The Kier molecular flexibility index (Phi) is 6.49. The van der Waals surface area contributed by atoms with Gasteiger partial charge >= 0.3 is 5.97 Å². The van der Waals surface area contributed by atoms with Crippen LogP contribution in [0.5, 0.6) is 5.75 Å². The molecule has 0 aliphatic carbocycles. The molecule has 0 aliphatic heterocycles. The number of oxazole rings is 1. The first-order chi connectivity index (χ1) is 13.5. The zero-order chi connectivity index (χ0) is 20.1. The van der Waals surface area contributed by atoms with Gasteiger partial charge in [0.2, 0.25) is 5.89 Å². The minimum Gasteiger partial charge on any atom is -0.487 e. The second kappa shape index (κ2) is 9.03. The fraction of sp³-hybridized carbons (Fsp3) is 0.333. The van der Waals surface area contributed by atoms with Crippen molar-refractivity contribution in [3.63, 3.8) is 0 Å². The van der Waals surface area contributed by atoms with Gasteiger partial charge in [0.1, 0.15) is 23.8 Å². The number of hydrogen-bond donors (Lipinski definition) is 1. The number of nitrogens with zero attached hydrogens (tertiary/aromatic N) is 1. The summed E-state index contributed by atoms with van der Waals surface area (Å²) >= 11 is 1.60. The van der Waals surface area contributed by atoms with E-state index in [4.69, 9.17) is 13.9 Å². The fourth-order valence-corrected chi connectivity index (χ4v) is 3.61. The van der Waals surface area contributed by atoms with Crippen LogP contribution >= 0.6 is 11.3 Å². The third-order valence-corrected chi connectivity index (χ3v) is 5.32. The van der Waals surface area contributed by atoms with Crippen LogP contribution in [0, 0.1) is 13.8 Å². The zero-order valence-electron chi connectivity index (χ0n) is 16.1. The number of aliphatic carboxylic acids is 1. The molecule has 2 aromatic heterocycles. The van der Waals surface area contributed by atoms with Crippen LogP contribution in [-0.2, 0) is 22.6 Å². The lowest BCUT2D eigenvalue weighted by Crippen LogP contribution is -2.26. The summed E-state index contributed by atoms with van der Waals surface area (Å²) in [4.78, 5) is 16.8. The second-order valence-corrected chi connectivity index (χ2v) is 7.29. The number of hydrogen-bond acceptors (Lipinski definition) is 6. The molecule has 1 aromatic carbocycles. The first kappa shape index (κ1) is 20.1. The summed E-state index contributed by atoms with van der Waals surface area (Å²) in [6.07, 6.45) is -0.524. The van der Waals surface area contributed by atoms with Gasteiger partial charge in [0.15, 0.2) is 6.10 Å². The van der Waals surface area contributed by atoms with Crippen LogP contribution in [0.15, 0.2) is 40.1 Å². The van der Waals surface area contributed by atoms with Crippen molar-refractivity contribution in [2.75, 3.05) is 6.61 Å². The van der Waals surface area contributed by atoms with E-state index in [2.05, 4.69) is 4.98 Å². The number of carboxylic acids is 1. The van der Waals surface area contributed by atoms with E-state index >= 15 is 0 Å². The van der Waals surface area contributed by atoms with E-state index in [1.165, 1.54) is 0 Å². The van der Waals surface area contributed by atoms with Gasteiger partial charge in [0.05, 0.1) is 4.88 Å². The maximum atomic E-state index is 11.2. The molecule has 0 amide bonds. The Balaban J connectivity index is 1.62. The van der Waals surface area contributed by atoms with Crippen molar-refractivity contribution >= 4 is 17.3 Å². The fourth-order valence-electron chi connectivity index (χ4n) is 2.76. The largest absolute Gasteiger partial charge is 0.487 e. The lowest BCUT2D eigenvalue weighted by atomic mass is 10.1. The lowest BCUT2D eigenvalue weighted by Gasteiger charge is -2.12. The molecule has 3 rings (SSSR count). The molecule has 0 spiro atoms. The molecule has 1 atom stereocenters. The van der Waals surface area contributed by atoms with Gasteiger partial charge < -0.3 is 19.0 Å². The van der Waals surface area contributed by atoms with Gasteiger partial charge in [-0.1, -0.05) is 12.1 Å². The van der Waals surface area contributed by atoms with Crippen molar-refractivity contribution in [2.24, 2.45) is 0 Å². The predicted molar refractivity (Wildman–Crippen MR) is 107 cm³/mol. The molecule has 7 heteroatoms. The van der Waals surface area contributed by atoms with Gasteiger partial charge in [-0.15, -0.1) is 11.3 Å². The highest BCUT2D eigenvalue weighted by Gasteiger charge is 2.18. The van der Waals surface area contributed by atoms with Crippen molar-refractivity contribution in [1.82, 2.24) is 4.98 Å². The third-order valence-electron chi connectivity index (χ3n) is 4.31. The predicted octanol–water partition coefficient (Wildman–Crippen LogP) is 4.63. The topological polar surface area (TPSA) is 81.8 Å². The number of carboxylic acid groups (broad SMARTS) is 1. The van der Waals surface area contributed by atoms with Gasteiger partial charge in [-0.05, 0) is 55.5 Å². The van der Waals surface area contributed by atoms with E-state index in [9.17, 15) is 9.90 Å². The van der Waals surface area contributed by atoms with Crippen molar-refractivity contribution in [3.8, 4) is 16.5 Å². The molecule has 0 radical (unpaired) electrons. The first-order valence-electron chi connectivity index (χ1n) is 9.04. The Labute approximate surface area is 167 Å². The molecule has 2 heterocycles. The summed E-state index contributed by atoms with van der Waals surface area (Å²) in [5.41, 5.74) is 2.77. The summed E-state index contributed by atoms with van der Waals surface area (Å²) in [5, 5.41) is 11.2. The zero-order valence-corrected chi connectivity index (χ0v) is 16.9.